The smallest absolute Gasteiger partial charge is 0.185 e. The van der Waals surface area contributed by atoms with Crippen LogP contribution in [0.5, 0.6) is 0 Å². The standard InChI is InChI=1S/C16H32N4S/c1-13(2)9-17-10-15-11-18-16(21-15)20(12-14(3)4)8-7-19(5)6/h11,13-14,17H,7-10,12H2,1-6H3. The van der Waals surface area contributed by atoms with Crippen LogP contribution in [0.15, 0.2) is 6.20 Å². The van der Waals surface area contributed by atoms with Gasteiger partial charge >= 0.3 is 0 Å². The highest BCUT2D eigenvalue weighted by Gasteiger charge is 2.13. The lowest BCUT2D eigenvalue weighted by atomic mass is 10.2. The number of nitrogens with one attached hydrogen (secondary N) is 1. The lowest BCUT2D eigenvalue weighted by Gasteiger charge is -2.25. The van der Waals surface area contributed by atoms with E-state index in [1.165, 1.54) is 4.88 Å². The highest BCUT2D eigenvalue weighted by atomic mass is 32.1. The minimum atomic E-state index is 0.651. The van der Waals surface area contributed by atoms with Crippen LogP contribution in [-0.2, 0) is 6.54 Å². The van der Waals surface area contributed by atoms with Crippen LogP contribution >= 0.6 is 11.3 Å². The van der Waals surface area contributed by atoms with Gasteiger partial charge in [0.25, 0.3) is 0 Å². The maximum absolute atomic E-state index is 4.63. The number of rotatable bonds is 10. The van der Waals surface area contributed by atoms with Gasteiger partial charge in [-0.25, -0.2) is 4.98 Å². The highest BCUT2D eigenvalue weighted by Crippen LogP contribution is 2.23. The van der Waals surface area contributed by atoms with Crippen LogP contribution in [0, 0.1) is 11.8 Å². The molecule has 4 nitrogen and oxygen atoms in total. The number of aromatic nitrogens is 1. The van der Waals surface area contributed by atoms with Crippen LogP contribution in [0.4, 0.5) is 5.13 Å². The molecule has 1 rings (SSSR count). The molecule has 0 aliphatic heterocycles. The molecule has 0 atom stereocenters. The van der Waals surface area contributed by atoms with Gasteiger partial charge in [0.15, 0.2) is 5.13 Å². The van der Waals surface area contributed by atoms with Gasteiger partial charge in [-0.3, -0.25) is 0 Å². The van der Waals surface area contributed by atoms with Crippen LogP contribution in [-0.4, -0.2) is 50.2 Å². The molecule has 0 saturated carbocycles. The quantitative estimate of drug-likeness (QED) is 0.720. The van der Waals surface area contributed by atoms with E-state index < -0.39 is 0 Å². The van der Waals surface area contributed by atoms with Crippen molar-refractivity contribution in [3.63, 3.8) is 0 Å². The number of nitrogens with zero attached hydrogens (tertiary/aromatic N) is 3. The first-order valence-electron chi connectivity index (χ1n) is 7.93. The van der Waals surface area contributed by atoms with Crippen molar-refractivity contribution in [2.75, 3.05) is 45.2 Å². The van der Waals surface area contributed by atoms with E-state index in [4.69, 9.17) is 0 Å². The number of thiazole rings is 1. The summed E-state index contributed by atoms with van der Waals surface area (Å²) in [4.78, 5) is 10.6. The second-order valence-electron chi connectivity index (χ2n) is 6.78. The first-order valence-corrected chi connectivity index (χ1v) is 8.75. The SMILES string of the molecule is CC(C)CNCc1cnc(N(CCN(C)C)CC(C)C)s1. The molecule has 0 saturated heterocycles. The minimum absolute atomic E-state index is 0.651. The predicted octanol–water partition coefficient (Wildman–Crippen LogP) is 2.91. The molecule has 0 aromatic carbocycles. The fourth-order valence-corrected chi connectivity index (χ4v) is 2.95. The summed E-state index contributed by atoms with van der Waals surface area (Å²) >= 11 is 1.82. The molecule has 0 amide bonds. The summed E-state index contributed by atoms with van der Waals surface area (Å²) in [5.41, 5.74) is 0. The van der Waals surface area contributed by atoms with Gasteiger partial charge in [0.2, 0.25) is 0 Å². The highest BCUT2D eigenvalue weighted by molar-refractivity contribution is 7.15. The molecule has 0 bridgehead atoms. The lowest BCUT2D eigenvalue weighted by molar-refractivity contribution is 0.409. The molecule has 21 heavy (non-hydrogen) atoms. The molecule has 0 aliphatic rings. The van der Waals surface area contributed by atoms with E-state index in [9.17, 15) is 0 Å². The maximum atomic E-state index is 4.63. The molecule has 1 aromatic rings. The zero-order chi connectivity index (χ0) is 15.8. The maximum Gasteiger partial charge on any atom is 0.185 e. The Morgan fingerprint density at radius 2 is 1.86 bits per heavy atom. The van der Waals surface area contributed by atoms with Gasteiger partial charge in [0, 0.05) is 37.3 Å². The van der Waals surface area contributed by atoms with Crippen LogP contribution in [0.1, 0.15) is 32.6 Å². The summed E-state index contributed by atoms with van der Waals surface area (Å²) in [6, 6.07) is 0. The average Bonchev–Trinajstić information content (AvgIpc) is 2.82. The fraction of sp³-hybridized carbons (Fsp3) is 0.812. The fourth-order valence-electron chi connectivity index (χ4n) is 2.04. The third kappa shape index (κ3) is 7.79. The summed E-state index contributed by atoms with van der Waals surface area (Å²) < 4.78 is 0. The van der Waals surface area contributed by atoms with E-state index in [-0.39, 0.29) is 0 Å². The normalized spacial score (nSPS) is 11.9. The van der Waals surface area contributed by atoms with Gasteiger partial charge < -0.3 is 15.1 Å². The van der Waals surface area contributed by atoms with Crippen molar-refractivity contribution in [2.24, 2.45) is 11.8 Å². The molecule has 1 aromatic heterocycles. The van der Waals surface area contributed by atoms with Gasteiger partial charge in [0.05, 0.1) is 0 Å². The van der Waals surface area contributed by atoms with Crippen molar-refractivity contribution < 1.29 is 0 Å². The Morgan fingerprint density at radius 3 is 2.43 bits per heavy atom. The van der Waals surface area contributed by atoms with E-state index in [1.54, 1.807) is 0 Å². The molecular weight excluding hydrogens is 280 g/mol. The topological polar surface area (TPSA) is 31.4 Å². The Labute approximate surface area is 134 Å². The molecule has 0 fully saturated rings. The average molecular weight is 313 g/mol. The summed E-state index contributed by atoms with van der Waals surface area (Å²) in [6.07, 6.45) is 2.02. The van der Waals surface area contributed by atoms with Crippen LogP contribution in [0.3, 0.4) is 0 Å². The molecule has 1 N–H and O–H groups in total. The van der Waals surface area contributed by atoms with Gasteiger partial charge in [-0.05, 0) is 32.5 Å². The van der Waals surface area contributed by atoms with E-state index in [2.05, 4.69) is 61.9 Å². The summed E-state index contributed by atoms with van der Waals surface area (Å²) in [5, 5.41) is 4.65. The second kappa shape index (κ2) is 9.38. The van der Waals surface area contributed by atoms with Crippen molar-refractivity contribution in [1.82, 2.24) is 15.2 Å². The molecule has 122 valence electrons. The predicted molar refractivity (Wildman–Crippen MR) is 94.3 cm³/mol. The Hall–Kier alpha value is -0.650. The first-order chi connectivity index (χ1) is 9.88. The van der Waals surface area contributed by atoms with Crippen LogP contribution in [0.2, 0.25) is 0 Å². The largest absolute Gasteiger partial charge is 0.347 e. The molecule has 5 heteroatoms. The van der Waals surface area contributed by atoms with E-state index in [1.807, 2.05) is 17.5 Å². The molecular formula is C16H32N4S. The number of likely N-dealkylation sites (N-methyl/N-ethyl adjacent to an activating group) is 1. The first kappa shape index (κ1) is 18.4. The van der Waals surface area contributed by atoms with Crippen molar-refractivity contribution in [3.05, 3.63) is 11.1 Å². The molecule has 0 unspecified atom stereocenters. The van der Waals surface area contributed by atoms with Crippen molar-refractivity contribution in [2.45, 2.75) is 34.2 Å². The third-order valence-corrected chi connectivity index (χ3v) is 4.12. The monoisotopic (exact) mass is 312 g/mol. The molecule has 0 aliphatic carbocycles. The Morgan fingerprint density at radius 1 is 1.14 bits per heavy atom. The zero-order valence-electron chi connectivity index (χ0n) is 14.5. The van der Waals surface area contributed by atoms with E-state index in [0.717, 1.165) is 37.9 Å². The summed E-state index contributed by atoms with van der Waals surface area (Å²) in [6.45, 7) is 14.2. The third-order valence-electron chi connectivity index (χ3n) is 3.07. The summed E-state index contributed by atoms with van der Waals surface area (Å²) in [5.74, 6) is 1.34. The van der Waals surface area contributed by atoms with Crippen molar-refractivity contribution >= 4 is 16.5 Å². The molecule has 0 spiro atoms. The van der Waals surface area contributed by atoms with Gasteiger partial charge in [0.1, 0.15) is 0 Å². The van der Waals surface area contributed by atoms with E-state index >= 15 is 0 Å². The number of hydrogen-bond donors (Lipinski definition) is 1. The van der Waals surface area contributed by atoms with Crippen molar-refractivity contribution in [1.29, 1.82) is 0 Å². The van der Waals surface area contributed by atoms with Crippen LogP contribution < -0.4 is 10.2 Å². The molecule has 0 radical (unpaired) electrons. The van der Waals surface area contributed by atoms with Crippen molar-refractivity contribution in [3.8, 4) is 0 Å². The van der Waals surface area contributed by atoms with Gasteiger partial charge in [-0.1, -0.05) is 27.7 Å². The Kier molecular flexibility index (Phi) is 8.22. The number of hydrogen-bond acceptors (Lipinski definition) is 5. The molecule has 1 heterocycles. The van der Waals surface area contributed by atoms with E-state index in [0.29, 0.717) is 11.8 Å². The van der Waals surface area contributed by atoms with Gasteiger partial charge in [-0.2, -0.15) is 0 Å². The minimum Gasteiger partial charge on any atom is -0.347 e. The van der Waals surface area contributed by atoms with Crippen LogP contribution in [0.25, 0.3) is 0 Å². The Bertz CT molecular complexity index is 387. The van der Waals surface area contributed by atoms with Gasteiger partial charge in [-0.15, -0.1) is 11.3 Å². The summed E-state index contributed by atoms with van der Waals surface area (Å²) in [7, 11) is 4.24. The number of anilines is 1. The zero-order valence-corrected chi connectivity index (χ0v) is 15.3. The Balaban J connectivity index is 2.58. The second-order valence-corrected chi connectivity index (χ2v) is 7.87. The lowest BCUT2D eigenvalue weighted by Crippen LogP contribution is -2.34.